The van der Waals surface area contributed by atoms with Gasteiger partial charge in [-0.3, -0.25) is 9.36 Å². The minimum absolute atomic E-state index is 0.0848. The maximum Gasteiger partial charge on any atom is 0.335 e. The first-order valence-corrected chi connectivity index (χ1v) is 9.49. The van der Waals surface area contributed by atoms with Gasteiger partial charge in [0, 0.05) is 3.57 Å². The molecule has 22 heavy (non-hydrogen) atoms. The van der Waals surface area contributed by atoms with E-state index in [-0.39, 0.29) is 6.61 Å². The van der Waals surface area contributed by atoms with Gasteiger partial charge in [-0.15, -0.1) is 0 Å². The fourth-order valence-electron chi connectivity index (χ4n) is 2.06. The molecular formula is C14H16IN2O4P. The Kier molecular flexibility index (Phi) is 5.55. The second-order valence-electron chi connectivity index (χ2n) is 4.64. The van der Waals surface area contributed by atoms with E-state index in [0.29, 0.717) is 11.3 Å². The fraction of sp³-hybridized carbons (Fsp3) is 0.286. The highest BCUT2D eigenvalue weighted by molar-refractivity contribution is 14.1. The predicted molar refractivity (Wildman–Crippen MR) is 91.7 cm³/mol. The number of halogens is 1. The van der Waals surface area contributed by atoms with Gasteiger partial charge in [-0.2, -0.15) is 5.10 Å². The number of para-hydroxylation sites is 1. The highest BCUT2D eigenvalue weighted by atomic mass is 127. The van der Waals surface area contributed by atoms with Gasteiger partial charge in [0.1, 0.15) is 6.16 Å². The normalized spacial score (nSPS) is 13.8. The number of Topliss-reactive ketones (excluding diaryl/α,β-unsaturated/α-hetero) is 1. The Morgan fingerprint density at radius 2 is 2.14 bits per heavy atom. The maximum atomic E-state index is 12.2. The zero-order valence-corrected chi connectivity index (χ0v) is 15.2. The Hall–Kier alpha value is -1.02. The van der Waals surface area contributed by atoms with Crippen LogP contribution >= 0.6 is 30.2 Å². The van der Waals surface area contributed by atoms with Crippen LogP contribution in [0.2, 0.25) is 0 Å². The van der Waals surface area contributed by atoms with Crippen molar-refractivity contribution < 1.29 is 18.8 Å². The summed E-state index contributed by atoms with van der Waals surface area (Å²) in [6.07, 6.45) is 0.881. The van der Waals surface area contributed by atoms with Crippen molar-refractivity contribution in [1.29, 1.82) is 0 Å². The lowest BCUT2D eigenvalue weighted by atomic mass is 10.2. The summed E-state index contributed by atoms with van der Waals surface area (Å²) < 4.78 is 19.1. The highest BCUT2D eigenvalue weighted by Crippen LogP contribution is 2.42. The Balaban J connectivity index is 2.30. The molecule has 0 saturated carbocycles. The van der Waals surface area contributed by atoms with E-state index in [1.165, 1.54) is 6.20 Å². The van der Waals surface area contributed by atoms with E-state index >= 15 is 0 Å². The standard InChI is InChI=1S/C14H16IN2O4P/c1-3-21-22(19,20)9-14(18)11-8-16-17(10(11)2)13-7-5-4-6-12(13)15/h4-8H,3,9H2,1-2H3,(H,19,20). The van der Waals surface area contributed by atoms with Crippen LogP contribution in [0.1, 0.15) is 23.0 Å². The molecule has 0 fully saturated rings. The monoisotopic (exact) mass is 434 g/mol. The van der Waals surface area contributed by atoms with Crippen LogP contribution in [0.5, 0.6) is 0 Å². The Labute approximate surface area is 142 Å². The second-order valence-corrected chi connectivity index (χ2v) is 7.65. The number of carbonyl (C=O) groups is 1. The minimum Gasteiger partial charge on any atom is -0.324 e. The molecule has 0 aliphatic carbocycles. The van der Waals surface area contributed by atoms with Gasteiger partial charge in [0.15, 0.2) is 5.78 Å². The molecule has 1 aromatic carbocycles. The number of benzene rings is 1. The fourth-order valence-corrected chi connectivity index (χ4v) is 3.71. The molecule has 0 aliphatic heterocycles. The summed E-state index contributed by atoms with van der Waals surface area (Å²) >= 11 is 2.19. The maximum absolute atomic E-state index is 12.2. The lowest BCUT2D eigenvalue weighted by molar-refractivity contribution is 0.101. The van der Waals surface area contributed by atoms with Crippen molar-refractivity contribution >= 4 is 36.0 Å². The van der Waals surface area contributed by atoms with Crippen LogP contribution in [0.4, 0.5) is 0 Å². The second kappa shape index (κ2) is 7.04. The van der Waals surface area contributed by atoms with Crippen molar-refractivity contribution in [3.8, 4) is 5.69 Å². The quantitative estimate of drug-likeness (QED) is 0.429. The van der Waals surface area contributed by atoms with Gasteiger partial charge in [0.2, 0.25) is 0 Å². The van der Waals surface area contributed by atoms with Crippen LogP contribution in [0.25, 0.3) is 5.69 Å². The number of hydrogen-bond acceptors (Lipinski definition) is 4. The van der Waals surface area contributed by atoms with E-state index in [1.54, 1.807) is 18.5 Å². The van der Waals surface area contributed by atoms with Crippen LogP contribution in [0.15, 0.2) is 30.5 Å². The third-order valence-electron chi connectivity index (χ3n) is 3.07. The van der Waals surface area contributed by atoms with Crippen molar-refractivity contribution in [2.45, 2.75) is 13.8 Å². The SMILES string of the molecule is CCOP(=O)(O)CC(=O)c1cnn(-c2ccccc2I)c1C. The molecule has 118 valence electrons. The molecule has 1 aromatic heterocycles. The number of rotatable bonds is 6. The summed E-state index contributed by atoms with van der Waals surface area (Å²) in [5.74, 6) is -0.450. The van der Waals surface area contributed by atoms with E-state index < -0.39 is 19.5 Å². The van der Waals surface area contributed by atoms with Gasteiger partial charge in [-0.1, -0.05) is 12.1 Å². The number of ketones is 1. The van der Waals surface area contributed by atoms with Gasteiger partial charge in [0.25, 0.3) is 0 Å². The van der Waals surface area contributed by atoms with E-state index in [9.17, 15) is 14.3 Å². The minimum atomic E-state index is -3.89. The topological polar surface area (TPSA) is 81.4 Å². The summed E-state index contributed by atoms with van der Waals surface area (Å²) in [6.45, 7) is 3.45. The summed E-state index contributed by atoms with van der Waals surface area (Å²) in [5, 5.41) is 4.22. The van der Waals surface area contributed by atoms with Gasteiger partial charge in [0.05, 0.1) is 29.7 Å². The molecule has 0 amide bonds. The molecular weight excluding hydrogens is 418 g/mol. The molecule has 2 aromatic rings. The molecule has 0 saturated heterocycles. The van der Waals surface area contributed by atoms with E-state index in [0.717, 1.165) is 9.26 Å². The Morgan fingerprint density at radius 3 is 2.77 bits per heavy atom. The number of aromatic nitrogens is 2. The van der Waals surface area contributed by atoms with Crippen molar-refractivity contribution in [3.05, 3.63) is 45.3 Å². The molecule has 8 heteroatoms. The zero-order chi connectivity index (χ0) is 16.3. The first-order valence-electron chi connectivity index (χ1n) is 6.65. The smallest absolute Gasteiger partial charge is 0.324 e. The van der Waals surface area contributed by atoms with Crippen molar-refractivity contribution in [1.82, 2.24) is 9.78 Å². The lowest BCUT2D eigenvalue weighted by Gasteiger charge is -2.10. The molecule has 1 unspecified atom stereocenters. The first kappa shape index (κ1) is 17.3. The van der Waals surface area contributed by atoms with Gasteiger partial charge in [-0.05, 0) is 48.6 Å². The molecule has 0 bridgehead atoms. The highest BCUT2D eigenvalue weighted by Gasteiger charge is 2.26. The molecule has 6 nitrogen and oxygen atoms in total. The summed E-state index contributed by atoms with van der Waals surface area (Å²) in [4.78, 5) is 21.8. The molecule has 1 N–H and O–H groups in total. The number of hydrogen-bond donors (Lipinski definition) is 1. The van der Waals surface area contributed by atoms with Crippen LogP contribution in [-0.2, 0) is 9.09 Å². The van der Waals surface area contributed by atoms with Gasteiger partial charge < -0.3 is 9.42 Å². The predicted octanol–water partition coefficient (Wildman–Crippen LogP) is 3.19. The first-order chi connectivity index (χ1) is 10.4. The van der Waals surface area contributed by atoms with E-state index in [1.807, 2.05) is 24.3 Å². The van der Waals surface area contributed by atoms with Crippen LogP contribution < -0.4 is 0 Å². The average molecular weight is 434 g/mol. The number of carbonyl (C=O) groups excluding carboxylic acids is 1. The van der Waals surface area contributed by atoms with Crippen LogP contribution in [0, 0.1) is 10.5 Å². The zero-order valence-electron chi connectivity index (χ0n) is 12.2. The molecule has 0 spiro atoms. The summed E-state index contributed by atoms with van der Waals surface area (Å²) in [7, 11) is -3.89. The van der Waals surface area contributed by atoms with Crippen molar-refractivity contribution in [2.75, 3.05) is 12.8 Å². The Morgan fingerprint density at radius 1 is 1.45 bits per heavy atom. The van der Waals surface area contributed by atoms with Gasteiger partial charge >= 0.3 is 7.60 Å². The Bertz CT molecular complexity index is 744. The molecule has 1 atom stereocenters. The summed E-state index contributed by atoms with van der Waals surface area (Å²) in [6, 6.07) is 7.64. The van der Waals surface area contributed by atoms with Gasteiger partial charge in [-0.25, -0.2) is 4.68 Å². The largest absolute Gasteiger partial charge is 0.335 e. The third-order valence-corrected chi connectivity index (χ3v) is 5.33. The lowest BCUT2D eigenvalue weighted by Crippen LogP contribution is -2.09. The molecule has 0 aliphatic rings. The third kappa shape index (κ3) is 3.84. The van der Waals surface area contributed by atoms with E-state index in [2.05, 4.69) is 27.7 Å². The molecule has 1 heterocycles. The number of nitrogens with zero attached hydrogens (tertiary/aromatic N) is 2. The van der Waals surface area contributed by atoms with Crippen molar-refractivity contribution in [2.24, 2.45) is 0 Å². The molecule has 2 rings (SSSR count). The average Bonchev–Trinajstić information content (AvgIpc) is 2.80. The van der Waals surface area contributed by atoms with Crippen molar-refractivity contribution in [3.63, 3.8) is 0 Å². The van der Waals surface area contributed by atoms with E-state index in [4.69, 9.17) is 4.52 Å². The summed E-state index contributed by atoms with van der Waals surface area (Å²) in [5.41, 5.74) is 1.82. The van der Waals surface area contributed by atoms with Crippen LogP contribution in [-0.4, -0.2) is 33.2 Å². The van der Waals surface area contributed by atoms with Crippen LogP contribution in [0.3, 0.4) is 0 Å². The molecule has 0 radical (unpaired) electrons.